The summed E-state index contributed by atoms with van der Waals surface area (Å²) in [4.78, 5) is 0. The van der Waals surface area contributed by atoms with E-state index in [9.17, 15) is 5.11 Å². The van der Waals surface area contributed by atoms with Crippen LogP contribution in [0.3, 0.4) is 0 Å². The maximum Gasteiger partial charge on any atom is 0.116 e. The first-order chi connectivity index (χ1) is 5.27. The maximum atomic E-state index is 9.84. The predicted octanol–water partition coefficient (Wildman–Crippen LogP) is 1.41. The second-order valence-corrected chi connectivity index (χ2v) is 3.26. The van der Waals surface area contributed by atoms with Crippen molar-refractivity contribution in [2.24, 2.45) is 0 Å². The topological polar surface area (TPSA) is 32.3 Å². The SMILES string of the molecule is C=CCNC1(O)CCCCC1. The quantitative estimate of drug-likeness (QED) is 0.477. The summed E-state index contributed by atoms with van der Waals surface area (Å²) < 4.78 is 0. The average Bonchev–Trinajstić information content (AvgIpc) is 2.03. The molecule has 2 N–H and O–H groups in total. The van der Waals surface area contributed by atoms with Crippen LogP contribution >= 0.6 is 0 Å². The Kier molecular flexibility index (Phi) is 3.09. The van der Waals surface area contributed by atoms with E-state index in [0.717, 1.165) is 25.7 Å². The van der Waals surface area contributed by atoms with E-state index < -0.39 is 5.72 Å². The summed E-state index contributed by atoms with van der Waals surface area (Å²) >= 11 is 0. The van der Waals surface area contributed by atoms with E-state index in [1.165, 1.54) is 6.42 Å². The zero-order chi connectivity index (χ0) is 8.16. The first-order valence-corrected chi connectivity index (χ1v) is 4.35. The van der Waals surface area contributed by atoms with Crippen molar-refractivity contribution in [3.8, 4) is 0 Å². The molecule has 0 spiro atoms. The van der Waals surface area contributed by atoms with E-state index in [4.69, 9.17) is 0 Å². The van der Waals surface area contributed by atoms with Gasteiger partial charge in [-0.15, -0.1) is 6.58 Å². The van der Waals surface area contributed by atoms with Crippen molar-refractivity contribution in [3.63, 3.8) is 0 Å². The Morgan fingerprint density at radius 2 is 2.00 bits per heavy atom. The number of aliphatic hydroxyl groups is 1. The van der Waals surface area contributed by atoms with Crippen molar-refractivity contribution in [1.82, 2.24) is 5.32 Å². The van der Waals surface area contributed by atoms with Crippen LogP contribution in [0.15, 0.2) is 12.7 Å². The van der Waals surface area contributed by atoms with Gasteiger partial charge in [-0.05, 0) is 25.7 Å². The summed E-state index contributed by atoms with van der Waals surface area (Å²) in [7, 11) is 0. The largest absolute Gasteiger partial charge is 0.376 e. The molecule has 1 saturated carbocycles. The molecule has 0 aliphatic heterocycles. The first kappa shape index (κ1) is 8.75. The molecule has 2 nitrogen and oxygen atoms in total. The molecule has 2 heteroatoms. The van der Waals surface area contributed by atoms with Crippen molar-refractivity contribution >= 4 is 0 Å². The van der Waals surface area contributed by atoms with Crippen LogP contribution in [-0.2, 0) is 0 Å². The van der Waals surface area contributed by atoms with E-state index in [-0.39, 0.29) is 0 Å². The Morgan fingerprint density at radius 1 is 1.36 bits per heavy atom. The minimum atomic E-state index is -0.591. The standard InChI is InChI=1S/C9H17NO/c1-2-8-10-9(11)6-4-3-5-7-9/h2,10-11H,1,3-8H2. The minimum absolute atomic E-state index is 0.591. The van der Waals surface area contributed by atoms with Crippen molar-refractivity contribution in [3.05, 3.63) is 12.7 Å². The zero-order valence-corrected chi connectivity index (χ0v) is 6.97. The van der Waals surface area contributed by atoms with E-state index in [0.29, 0.717) is 6.54 Å². The third kappa shape index (κ3) is 2.64. The third-order valence-electron chi connectivity index (χ3n) is 2.26. The van der Waals surface area contributed by atoms with E-state index in [1.807, 2.05) is 0 Å². The van der Waals surface area contributed by atoms with E-state index in [1.54, 1.807) is 6.08 Å². The highest BCUT2D eigenvalue weighted by atomic mass is 16.3. The summed E-state index contributed by atoms with van der Waals surface area (Å²) in [6.45, 7) is 4.31. The van der Waals surface area contributed by atoms with Crippen LogP contribution in [0.2, 0.25) is 0 Å². The zero-order valence-electron chi connectivity index (χ0n) is 6.97. The van der Waals surface area contributed by atoms with Gasteiger partial charge in [-0.2, -0.15) is 0 Å². The fourth-order valence-electron chi connectivity index (χ4n) is 1.58. The van der Waals surface area contributed by atoms with Gasteiger partial charge in [-0.3, -0.25) is 5.32 Å². The lowest BCUT2D eigenvalue weighted by atomic mass is 9.92. The van der Waals surface area contributed by atoms with Gasteiger partial charge < -0.3 is 5.11 Å². The number of rotatable bonds is 3. The number of hydrogen-bond donors (Lipinski definition) is 2. The first-order valence-electron chi connectivity index (χ1n) is 4.35. The second-order valence-electron chi connectivity index (χ2n) is 3.26. The monoisotopic (exact) mass is 155 g/mol. The summed E-state index contributed by atoms with van der Waals surface area (Å²) in [5.41, 5.74) is -0.591. The van der Waals surface area contributed by atoms with Gasteiger partial charge in [0, 0.05) is 6.54 Å². The van der Waals surface area contributed by atoms with E-state index >= 15 is 0 Å². The lowest BCUT2D eigenvalue weighted by Gasteiger charge is -2.32. The highest BCUT2D eigenvalue weighted by molar-refractivity contribution is 4.83. The van der Waals surface area contributed by atoms with Crippen molar-refractivity contribution in [2.75, 3.05) is 6.54 Å². The summed E-state index contributed by atoms with van der Waals surface area (Å²) in [5, 5.41) is 12.9. The molecule has 0 unspecified atom stereocenters. The Bertz CT molecular complexity index is 128. The molecule has 0 aromatic rings. The molecular formula is C9H17NO. The van der Waals surface area contributed by atoms with Gasteiger partial charge in [-0.25, -0.2) is 0 Å². The molecule has 1 rings (SSSR count). The number of hydrogen-bond acceptors (Lipinski definition) is 2. The fourth-order valence-corrected chi connectivity index (χ4v) is 1.58. The van der Waals surface area contributed by atoms with Gasteiger partial charge in [-0.1, -0.05) is 12.5 Å². The molecule has 0 amide bonds. The smallest absolute Gasteiger partial charge is 0.116 e. The molecule has 0 radical (unpaired) electrons. The molecule has 1 fully saturated rings. The van der Waals surface area contributed by atoms with Gasteiger partial charge in [0.05, 0.1) is 0 Å². The lowest BCUT2D eigenvalue weighted by molar-refractivity contribution is -0.0247. The van der Waals surface area contributed by atoms with Crippen molar-refractivity contribution < 1.29 is 5.11 Å². The molecule has 64 valence electrons. The summed E-state index contributed by atoms with van der Waals surface area (Å²) in [5.74, 6) is 0. The Hall–Kier alpha value is -0.340. The van der Waals surface area contributed by atoms with Gasteiger partial charge in [0.15, 0.2) is 0 Å². The normalized spacial score (nSPS) is 23.0. The van der Waals surface area contributed by atoms with Crippen LogP contribution in [-0.4, -0.2) is 17.4 Å². The van der Waals surface area contributed by atoms with Crippen molar-refractivity contribution in [1.29, 1.82) is 0 Å². The Balaban J connectivity index is 2.30. The highest BCUT2D eigenvalue weighted by Gasteiger charge is 2.27. The maximum absolute atomic E-state index is 9.84. The molecule has 0 atom stereocenters. The molecule has 1 aliphatic rings. The molecule has 0 heterocycles. The fraction of sp³-hybridized carbons (Fsp3) is 0.778. The molecular weight excluding hydrogens is 138 g/mol. The van der Waals surface area contributed by atoms with Crippen LogP contribution in [0, 0.1) is 0 Å². The van der Waals surface area contributed by atoms with Crippen molar-refractivity contribution in [2.45, 2.75) is 37.8 Å². The predicted molar refractivity (Wildman–Crippen MR) is 46.2 cm³/mol. The van der Waals surface area contributed by atoms with Crippen LogP contribution < -0.4 is 5.32 Å². The van der Waals surface area contributed by atoms with Gasteiger partial charge >= 0.3 is 0 Å². The average molecular weight is 155 g/mol. The minimum Gasteiger partial charge on any atom is -0.376 e. The van der Waals surface area contributed by atoms with Gasteiger partial charge in [0.2, 0.25) is 0 Å². The summed E-state index contributed by atoms with van der Waals surface area (Å²) in [6, 6.07) is 0. The summed E-state index contributed by atoms with van der Waals surface area (Å²) in [6.07, 6.45) is 7.10. The number of nitrogens with one attached hydrogen (secondary N) is 1. The van der Waals surface area contributed by atoms with Crippen LogP contribution in [0.25, 0.3) is 0 Å². The van der Waals surface area contributed by atoms with Crippen LogP contribution in [0.1, 0.15) is 32.1 Å². The van der Waals surface area contributed by atoms with Crippen LogP contribution in [0.5, 0.6) is 0 Å². The van der Waals surface area contributed by atoms with Gasteiger partial charge in [0.25, 0.3) is 0 Å². The molecule has 1 aliphatic carbocycles. The molecule has 11 heavy (non-hydrogen) atoms. The molecule has 0 aromatic heterocycles. The highest BCUT2D eigenvalue weighted by Crippen LogP contribution is 2.25. The second kappa shape index (κ2) is 3.88. The molecule has 0 bridgehead atoms. The lowest BCUT2D eigenvalue weighted by Crippen LogP contribution is -2.46. The molecule has 0 aromatic carbocycles. The van der Waals surface area contributed by atoms with Gasteiger partial charge in [0.1, 0.15) is 5.72 Å². The Labute approximate surface area is 68.3 Å². The van der Waals surface area contributed by atoms with E-state index in [2.05, 4.69) is 11.9 Å². The molecule has 0 saturated heterocycles. The third-order valence-corrected chi connectivity index (χ3v) is 2.26. The van der Waals surface area contributed by atoms with Crippen LogP contribution in [0.4, 0.5) is 0 Å². The Morgan fingerprint density at radius 3 is 2.55 bits per heavy atom.